The lowest BCUT2D eigenvalue weighted by Crippen LogP contribution is -2.42. The summed E-state index contributed by atoms with van der Waals surface area (Å²) >= 11 is 0. The molecule has 3 aromatic rings. The van der Waals surface area contributed by atoms with Crippen LogP contribution in [-0.2, 0) is 15.6 Å². The number of likely N-dealkylation sites (tertiary alicyclic amines) is 1. The Balaban J connectivity index is 1.30. The van der Waals surface area contributed by atoms with Gasteiger partial charge >= 0.3 is 5.97 Å². The molecule has 0 aromatic heterocycles. The normalized spacial score (nSPS) is 17.1. The van der Waals surface area contributed by atoms with Crippen molar-refractivity contribution in [1.82, 2.24) is 4.90 Å². The number of piperidine rings is 1. The molecule has 1 saturated heterocycles. The van der Waals surface area contributed by atoms with Gasteiger partial charge in [-0.3, -0.25) is 4.79 Å². The van der Waals surface area contributed by atoms with Crippen molar-refractivity contribution in [3.63, 3.8) is 0 Å². The number of carboxylic acids is 1. The monoisotopic (exact) mass is 527 g/mol. The van der Waals surface area contributed by atoms with Crippen LogP contribution in [-0.4, -0.2) is 40.7 Å². The van der Waals surface area contributed by atoms with Gasteiger partial charge in [-0.05, 0) is 93.3 Å². The molecule has 1 fully saturated rings. The summed E-state index contributed by atoms with van der Waals surface area (Å²) in [7, 11) is 0. The van der Waals surface area contributed by atoms with E-state index in [0.29, 0.717) is 6.42 Å². The molecule has 1 heterocycles. The first-order valence-electron chi connectivity index (χ1n) is 14.4. The van der Waals surface area contributed by atoms with Crippen molar-refractivity contribution < 1.29 is 15.0 Å². The fourth-order valence-corrected chi connectivity index (χ4v) is 6.25. The zero-order valence-electron chi connectivity index (χ0n) is 24.1. The molecule has 1 atom stereocenters. The Morgan fingerprint density at radius 3 is 1.85 bits per heavy atom. The van der Waals surface area contributed by atoms with Gasteiger partial charge in [0.2, 0.25) is 0 Å². The SMILES string of the molecule is CC1(CC(C)(c2ccccc2)c2ccccc2)CCN(CCCC(O)c2ccc(C(C)(C)C(=O)O)cc2)CC1. The lowest BCUT2D eigenvalue weighted by Gasteiger charge is -2.45. The first kappa shape index (κ1) is 29.0. The molecule has 208 valence electrons. The van der Waals surface area contributed by atoms with Crippen molar-refractivity contribution in [2.45, 2.75) is 76.7 Å². The molecule has 2 N–H and O–H groups in total. The van der Waals surface area contributed by atoms with Gasteiger partial charge in [0.25, 0.3) is 0 Å². The molecular weight excluding hydrogens is 482 g/mol. The van der Waals surface area contributed by atoms with E-state index in [4.69, 9.17) is 0 Å². The van der Waals surface area contributed by atoms with E-state index in [-0.39, 0.29) is 10.8 Å². The van der Waals surface area contributed by atoms with Gasteiger partial charge in [0.1, 0.15) is 0 Å². The van der Waals surface area contributed by atoms with Crippen molar-refractivity contribution in [3.8, 4) is 0 Å². The molecule has 0 radical (unpaired) electrons. The second-order valence-corrected chi connectivity index (χ2v) is 12.6. The Bertz CT molecular complexity index is 1160. The Hall–Kier alpha value is -2.95. The molecule has 1 aliphatic heterocycles. The number of nitrogens with zero attached hydrogens (tertiary/aromatic N) is 1. The smallest absolute Gasteiger partial charge is 0.313 e. The van der Waals surface area contributed by atoms with Gasteiger partial charge in [0.15, 0.2) is 0 Å². The molecule has 39 heavy (non-hydrogen) atoms. The summed E-state index contributed by atoms with van der Waals surface area (Å²) in [5, 5.41) is 20.2. The summed E-state index contributed by atoms with van der Waals surface area (Å²) in [5.41, 5.74) is 3.67. The number of hydrogen-bond acceptors (Lipinski definition) is 3. The van der Waals surface area contributed by atoms with Crippen molar-refractivity contribution in [1.29, 1.82) is 0 Å². The van der Waals surface area contributed by atoms with Crippen LogP contribution in [0.3, 0.4) is 0 Å². The van der Waals surface area contributed by atoms with Crippen molar-refractivity contribution >= 4 is 5.97 Å². The molecule has 4 nitrogen and oxygen atoms in total. The highest BCUT2D eigenvalue weighted by atomic mass is 16.4. The molecule has 1 unspecified atom stereocenters. The van der Waals surface area contributed by atoms with E-state index in [9.17, 15) is 15.0 Å². The maximum atomic E-state index is 11.5. The van der Waals surface area contributed by atoms with Gasteiger partial charge in [-0.25, -0.2) is 0 Å². The van der Waals surface area contributed by atoms with Crippen LogP contribution in [0.2, 0.25) is 0 Å². The van der Waals surface area contributed by atoms with Crippen LogP contribution in [0.25, 0.3) is 0 Å². The average Bonchev–Trinajstić information content (AvgIpc) is 2.95. The van der Waals surface area contributed by atoms with E-state index in [1.807, 2.05) is 24.3 Å². The van der Waals surface area contributed by atoms with Gasteiger partial charge in [-0.2, -0.15) is 0 Å². The van der Waals surface area contributed by atoms with E-state index >= 15 is 0 Å². The fourth-order valence-electron chi connectivity index (χ4n) is 6.25. The average molecular weight is 528 g/mol. The van der Waals surface area contributed by atoms with Crippen molar-refractivity contribution in [2.24, 2.45) is 5.41 Å². The number of benzene rings is 3. The van der Waals surface area contributed by atoms with Crippen molar-refractivity contribution in [2.75, 3.05) is 19.6 Å². The highest BCUT2D eigenvalue weighted by Gasteiger charge is 2.39. The lowest BCUT2D eigenvalue weighted by atomic mass is 9.63. The summed E-state index contributed by atoms with van der Waals surface area (Å²) < 4.78 is 0. The number of hydrogen-bond donors (Lipinski definition) is 2. The van der Waals surface area contributed by atoms with Gasteiger partial charge in [-0.15, -0.1) is 0 Å². The summed E-state index contributed by atoms with van der Waals surface area (Å²) in [5.74, 6) is -0.849. The lowest BCUT2D eigenvalue weighted by molar-refractivity contribution is -0.142. The Morgan fingerprint density at radius 1 is 0.846 bits per heavy atom. The third-order valence-corrected chi connectivity index (χ3v) is 9.17. The van der Waals surface area contributed by atoms with Crippen LogP contribution < -0.4 is 0 Å². The van der Waals surface area contributed by atoms with Gasteiger partial charge in [-0.1, -0.05) is 98.8 Å². The summed E-state index contributed by atoms with van der Waals surface area (Å²) in [6.07, 6.45) is 4.58. The molecule has 0 amide bonds. The Labute approximate surface area is 234 Å². The maximum Gasteiger partial charge on any atom is 0.313 e. The second kappa shape index (κ2) is 12.1. The number of aliphatic hydroxyl groups is 1. The molecular formula is C35H45NO3. The number of carboxylic acid groups (broad SMARTS) is 1. The van der Waals surface area contributed by atoms with Crippen LogP contribution >= 0.6 is 0 Å². The number of aliphatic carboxylic acids is 1. The second-order valence-electron chi connectivity index (χ2n) is 12.6. The third kappa shape index (κ3) is 6.80. The van der Waals surface area contributed by atoms with E-state index in [2.05, 4.69) is 79.4 Å². The molecule has 1 aliphatic rings. The largest absolute Gasteiger partial charge is 0.481 e. The number of rotatable bonds is 11. The first-order chi connectivity index (χ1) is 18.5. The minimum Gasteiger partial charge on any atom is -0.481 e. The quantitative estimate of drug-likeness (QED) is 0.273. The van der Waals surface area contributed by atoms with E-state index in [1.54, 1.807) is 13.8 Å². The summed E-state index contributed by atoms with van der Waals surface area (Å²) in [4.78, 5) is 14.1. The van der Waals surface area contributed by atoms with Crippen LogP contribution in [0.5, 0.6) is 0 Å². The van der Waals surface area contributed by atoms with Crippen LogP contribution in [0.4, 0.5) is 0 Å². The third-order valence-electron chi connectivity index (χ3n) is 9.17. The molecule has 4 heteroatoms. The summed E-state index contributed by atoms with van der Waals surface area (Å²) in [6, 6.07) is 29.3. The van der Waals surface area contributed by atoms with Gasteiger partial charge < -0.3 is 15.1 Å². The highest BCUT2D eigenvalue weighted by molar-refractivity contribution is 5.80. The molecule has 0 spiro atoms. The molecule has 0 saturated carbocycles. The van der Waals surface area contributed by atoms with Crippen LogP contribution in [0.15, 0.2) is 84.9 Å². The highest BCUT2D eigenvalue weighted by Crippen LogP contribution is 2.46. The Morgan fingerprint density at radius 2 is 1.36 bits per heavy atom. The van der Waals surface area contributed by atoms with Crippen LogP contribution in [0.1, 0.15) is 88.2 Å². The minimum absolute atomic E-state index is 0.0290. The van der Waals surface area contributed by atoms with Gasteiger partial charge in [0.05, 0.1) is 11.5 Å². The zero-order chi connectivity index (χ0) is 28.1. The minimum atomic E-state index is -0.939. The predicted molar refractivity (Wildman–Crippen MR) is 159 cm³/mol. The topological polar surface area (TPSA) is 60.8 Å². The molecule has 0 bridgehead atoms. The number of aliphatic hydroxyl groups excluding tert-OH is 1. The van der Waals surface area contributed by atoms with E-state index in [1.165, 1.54) is 24.0 Å². The van der Waals surface area contributed by atoms with E-state index < -0.39 is 17.5 Å². The van der Waals surface area contributed by atoms with Crippen LogP contribution in [0, 0.1) is 5.41 Å². The molecule has 3 aromatic carbocycles. The molecule has 4 rings (SSSR count). The first-order valence-corrected chi connectivity index (χ1v) is 14.4. The predicted octanol–water partition coefficient (Wildman–Crippen LogP) is 7.36. The molecule has 0 aliphatic carbocycles. The fraction of sp³-hybridized carbons (Fsp3) is 0.457. The maximum absolute atomic E-state index is 11.5. The van der Waals surface area contributed by atoms with Crippen molar-refractivity contribution in [3.05, 3.63) is 107 Å². The zero-order valence-corrected chi connectivity index (χ0v) is 24.1. The summed E-state index contributed by atoms with van der Waals surface area (Å²) in [6.45, 7) is 11.4. The van der Waals surface area contributed by atoms with Gasteiger partial charge in [0, 0.05) is 5.41 Å². The van der Waals surface area contributed by atoms with E-state index in [0.717, 1.165) is 43.6 Å². The Kier molecular flexibility index (Phi) is 8.98. The number of carbonyl (C=O) groups is 1. The standard InChI is InChI=1S/C35H45NO3/c1-33(2,32(38)39)28-19-17-27(18-20-28)31(37)16-11-23-36-24-21-34(3,22-25-36)26-35(4,29-12-7-5-8-13-29)30-14-9-6-10-15-30/h5-10,12-15,17-20,31,37H,11,16,21-26H2,1-4H3,(H,38,39).